The van der Waals surface area contributed by atoms with Crippen molar-refractivity contribution >= 4 is 23.4 Å². The zero-order valence-corrected chi connectivity index (χ0v) is 10.3. The van der Waals surface area contributed by atoms with Crippen molar-refractivity contribution in [1.82, 2.24) is 9.78 Å². The molecule has 0 saturated heterocycles. The Morgan fingerprint density at radius 1 is 1.39 bits per heavy atom. The van der Waals surface area contributed by atoms with E-state index in [0.29, 0.717) is 5.02 Å². The lowest BCUT2D eigenvalue weighted by Gasteiger charge is -2.02. The third-order valence-corrected chi connectivity index (χ3v) is 3.25. The minimum atomic E-state index is -0.0825. The van der Waals surface area contributed by atoms with Gasteiger partial charge in [0.05, 0.1) is 5.69 Å². The summed E-state index contributed by atoms with van der Waals surface area (Å²) in [6, 6.07) is 7.51. The van der Waals surface area contributed by atoms with Gasteiger partial charge in [-0.25, -0.2) is 0 Å². The normalized spacial score (nSPS) is 13.2. The Morgan fingerprint density at radius 3 is 2.78 bits per heavy atom. The van der Waals surface area contributed by atoms with Crippen molar-refractivity contribution in [2.45, 2.75) is 6.42 Å². The lowest BCUT2D eigenvalue weighted by atomic mass is 10.1. The van der Waals surface area contributed by atoms with Gasteiger partial charge in [0.25, 0.3) is 0 Å². The molecule has 0 bridgehead atoms. The first-order valence-corrected chi connectivity index (χ1v) is 6.00. The summed E-state index contributed by atoms with van der Waals surface area (Å²) in [6.07, 6.45) is 0.889. The van der Waals surface area contributed by atoms with Crippen molar-refractivity contribution in [2.75, 3.05) is 11.9 Å². The molecule has 0 atom stereocenters. The summed E-state index contributed by atoms with van der Waals surface area (Å²) >= 11 is 5.88. The van der Waals surface area contributed by atoms with Crippen LogP contribution in [0.3, 0.4) is 0 Å². The Labute approximate surface area is 109 Å². The van der Waals surface area contributed by atoms with Crippen molar-refractivity contribution in [3.05, 3.63) is 34.9 Å². The van der Waals surface area contributed by atoms with Gasteiger partial charge < -0.3 is 11.1 Å². The molecule has 0 amide bonds. The summed E-state index contributed by atoms with van der Waals surface area (Å²) in [5.74, 6) is 0.744. The van der Waals surface area contributed by atoms with Crippen LogP contribution >= 0.6 is 11.6 Å². The smallest absolute Gasteiger partial charge is 0.215 e. The van der Waals surface area contributed by atoms with Crippen LogP contribution < -0.4 is 11.1 Å². The van der Waals surface area contributed by atoms with E-state index in [9.17, 15) is 0 Å². The highest BCUT2D eigenvalue weighted by Gasteiger charge is 2.23. The Hall–Kier alpha value is -2.01. The summed E-state index contributed by atoms with van der Waals surface area (Å²) in [6.45, 7) is 0.848. The van der Waals surface area contributed by atoms with Crippen LogP contribution in [0.2, 0.25) is 5.02 Å². The number of nitrogens with one attached hydrogen (secondary N) is 2. The molecule has 1 aliphatic rings. The maximum absolute atomic E-state index is 7.53. The van der Waals surface area contributed by atoms with E-state index in [1.165, 1.54) is 4.68 Å². The van der Waals surface area contributed by atoms with Crippen molar-refractivity contribution < 1.29 is 0 Å². The second-order valence-electron chi connectivity index (χ2n) is 4.16. The quantitative estimate of drug-likeness (QED) is 0.542. The summed E-state index contributed by atoms with van der Waals surface area (Å²) in [7, 11) is 0. The number of benzene rings is 1. The van der Waals surface area contributed by atoms with Gasteiger partial charge in [-0.05, 0) is 18.6 Å². The maximum atomic E-state index is 7.53. The van der Waals surface area contributed by atoms with Gasteiger partial charge in [-0.15, -0.1) is 0 Å². The highest BCUT2D eigenvalue weighted by Crippen LogP contribution is 2.32. The summed E-state index contributed by atoms with van der Waals surface area (Å²) in [5.41, 5.74) is 8.48. The number of hydrogen-bond donors (Lipinski definition) is 3. The van der Waals surface area contributed by atoms with E-state index in [0.717, 1.165) is 35.6 Å². The summed E-state index contributed by atoms with van der Waals surface area (Å²) in [5, 5.41) is 15.8. The molecule has 0 radical (unpaired) electrons. The van der Waals surface area contributed by atoms with Crippen LogP contribution in [0.5, 0.6) is 0 Å². The largest absolute Gasteiger partial charge is 0.369 e. The topological polar surface area (TPSA) is 79.7 Å². The molecule has 5 nitrogen and oxygen atoms in total. The van der Waals surface area contributed by atoms with E-state index in [1.54, 1.807) is 0 Å². The van der Waals surface area contributed by atoms with E-state index < -0.39 is 0 Å². The first kappa shape index (κ1) is 11.1. The molecule has 18 heavy (non-hydrogen) atoms. The molecule has 2 aromatic rings. The predicted molar refractivity (Wildman–Crippen MR) is 72.2 cm³/mol. The van der Waals surface area contributed by atoms with Crippen LogP contribution in [0, 0.1) is 5.41 Å². The maximum Gasteiger partial charge on any atom is 0.215 e. The molecule has 3 rings (SSSR count). The minimum absolute atomic E-state index is 0.0825. The third-order valence-electron chi connectivity index (χ3n) is 3.00. The molecule has 0 aliphatic carbocycles. The molecular weight excluding hydrogens is 250 g/mol. The molecule has 6 heteroatoms. The highest BCUT2D eigenvalue weighted by atomic mass is 35.5. The van der Waals surface area contributed by atoms with Crippen LogP contribution in [-0.4, -0.2) is 22.3 Å². The zero-order chi connectivity index (χ0) is 12.7. The molecule has 0 spiro atoms. The van der Waals surface area contributed by atoms with Crippen LogP contribution in [0.4, 0.5) is 5.82 Å². The predicted octanol–water partition coefficient (Wildman–Crippen LogP) is 1.91. The molecule has 92 valence electrons. The second kappa shape index (κ2) is 4.03. The standard InChI is InChI=1S/C12H12ClN5/c13-8-3-1-7(2-4-8)10-9-5-6-16-11(9)18(17-10)12(14)15/h1-4,16H,5-6H2,(H3,14,15). The fourth-order valence-corrected chi connectivity index (χ4v) is 2.31. The van der Waals surface area contributed by atoms with Gasteiger partial charge in [0.15, 0.2) is 0 Å². The molecule has 0 saturated carbocycles. The van der Waals surface area contributed by atoms with E-state index in [1.807, 2.05) is 24.3 Å². The molecule has 1 aromatic heterocycles. The van der Waals surface area contributed by atoms with E-state index in [2.05, 4.69) is 10.4 Å². The molecular formula is C12H12ClN5. The number of fused-ring (bicyclic) bond motifs is 1. The Balaban J connectivity index is 2.15. The number of hydrogen-bond acceptors (Lipinski definition) is 3. The van der Waals surface area contributed by atoms with E-state index in [4.69, 9.17) is 22.7 Å². The highest BCUT2D eigenvalue weighted by molar-refractivity contribution is 6.30. The number of nitrogen functional groups attached to an aromatic ring is 1. The average Bonchev–Trinajstić information content (AvgIpc) is 2.91. The molecule has 4 N–H and O–H groups in total. The van der Waals surface area contributed by atoms with Crippen LogP contribution in [0.25, 0.3) is 11.3 Å². The average molecular weight is 262 g/mol. The molecule has 1 aliphatic heterocycles. The Bertz CT molecular complexity index is 614. The lowest BCUT2D eigenvalue weighted by Crippen LogP contribution is -2.23. The minimum Gasteiger partial charge on any atom is -0.369 e. The monoisotopic (exact) mass is 261 g/mol. The first-order valence-electron chi connectivity index (χ1n) is 5.63. The van der Waals surface area contributed by atoms with Gasteiger partial charge >= 0.3 is 0 Å². The fourth-order valence-electron chi connectivity index (χ4n) is 2.19. The number of nitrogens with two attached hydrogens (primary N) is 1. The number of anilines is 1. The van der Waals surface area contributed by atoms with Crippen molar-refractivity contribution in [3.8, 4) is 11.3 Å². The van der Waals surface area contributed by atoms with Gasteiger partial charge in [0, 0.05) is 22.7 Å². The van der Waals surface area contributed by atoms with Crippen LogP contribution in [0.1, 0.15) is 5.56 Å². The number of rotatable bonds is 1. The lowest BCUT2D eigenvalue weighted by molar-refractivity contribution is 0.910. The first-order chi connectivity index (χ1) is 8.66. The molecule has 2 heterocycles. The molecule has 0 unspecified atom stereocenters. The van der Waals surface area contributed by atoms with Crippen molar-refractivity contribution in [2.24, 2.45) is 5.73 Å². The van der Waals surface area contributed by atoms with Gasteiger partial charge in [0.2, 0.25) is 5.96 Å². The van der Waals surface area contributed by atoms with Gasteiger partial charge in [-0.1, -0.05) is 23.7 Å². The zero-order valence-electron chi connectivity index (χ0n) is 9.57. The Kier molecular flexibility index (Phi) is 2.48. The van der Waals surface area contributed by atoms with Gasteiger partial charge in [-0.2, -0.15) is 9.78 Å². The summed E-state index contributed by atoms with van der Waals surface area (Å²) in [4.78, 5) is 0. The fraction of sp³-hybridized carbons (Fsp3) is 0.167. The van der Waals surface area contributed by atoms with E-state index >= 15 is 0 Å². The SMILES string of the molecule is N=C(N)n1nc(-c2ccc(Cl)cc2)c2c1NCC2. The van der Waals surface area contributed by atoms with Crippen LogP contribution in [0.15, 0.2) is 24.3 Å². The third kappa shape index (κ3) is 1.64. The number of halogens is 1. The summed E-state index contributed by atoms with van der Waals surface area (Å²) < 4.78 is 1.44. The Morgan fingerprint density at radius 2 is 2.11 bits per heavy atom. The van der Waals surface area contributed by atoms with Gasteiger partial charge in [-0.3, -0.25) is 5.41 Å². The van der Waals surface area contributed by atoms with Crippen molar-refractivity contribution in [1.29, 1.82) is 5.41 Å². The number of nitrogens with zero attached hydrogens (tertiary/aromatic N) is 2. The van der Waals surface area contributed by atoms with Crippen molar-refractivity contribution in [3.63, 3.8) is 0 Å². The number of aromatic nitrogens is 2. The van der Waals surface area contributed by atoms with Crippen LogP contribution in [-0.2, 0) is 6.42 Å². The van der Waals surface area contributed by atoms with Gasteiger partial charge in [0.1, 0.15) is 5.82 Å². The molecule has 1 aromatic carbocycles. The van der Waals surface area contributed by atoms with E-state index in [-0.39, 0.29) is 5.96 Å². The molecule has 0 fully saturated rings. The second-order valence-corrected chi connectivity index (χ2v) is 4.59.